The van der Waals surface area contributed by atoms with Gasteiger partial charge in [0.2, 0.25) is 0 Å². The van der Waals surface area contributed by atoms with Gasteiger partial charge in [-0.2, -0.15) is 0 Å². The van der Waals surface area contributed by atoms with Crippen molar-refractivity contribution < 1.29 is 4.79 Å². The second-order valence-electron chi connectivity index (χ2n) is 4.89. The molecule has 0 aromatic heterocycles. The molecule has 0 unspecified atom stereocenters. The van der Waals surface area contributed by atoms with Gasteiger partial charge in [-0.3, -0.25) is 9.52 Å². The summed E-state index contributed by atoms with van der Waals surface area (Å²) >= 11 is 1.61. The highest BCUT2D eigenvalue weighted by atomic mass is 32.2. The molecule has 21 heavy (non-hydrogen) atoms. The van der Waals surface area contributed by atoms with Crippen LogP contribution >= 0.6 is 11.9 Å². The Kier molecular flexibility index (Phi) is 12.4. The quantitative estimate of drug-likeness (QED) is 0.406. The number of rotatable bonds is 9. The predicted molar refractivity (Wildman–Crippen MR) is 93.7 cm³/mol. The molecule has 0 fully saturated rings. The minimum Gasteiger partial charge on any atom is -0.330 e. The maximum Gasteiger partial charge on any atom is 0.165 e. The Bertz CT molecular complexity index is 377. The van der Waals surface area contributed by atoms with E-state index in [4.69, 9.17) is 5.73 Å². The summed E-state index contributed by atoms with van der Waals surface area (Å²) in [6, 6.07) is 7.79. The lowest BCUT2D eigenvalue weighted by Gasteiger charge is -2.06. The van der Waals surface area contributed by atoms with Crippen LogP contribution in [-0.2, 0) is 0 Å². The predicted octanol–water partition coefficient (Wildman–Crippen LogP) is 4.28. The zero-order valence-corrected chi connectivity index (χ0v) is 14.6. The lowest BCUT2D eigenvalue weighted by atomic mass is 10.0. The molecular formula is C17H30N2OS. The van der Waals surface area contributed by atoms with Crippen LogP contribution in [-0.4, -0.2) is 18.9 Å². The summed E-state index contributed by atoms with van der Waals surface area (Å²) in [5.41, 5.74) is 6.23. The van der Waals surface area contributed by atoms with Gasteiger partial charge in [0, 0.05) is 22.9 Å². The summed E-state index contributed by atoms with van der Waals surface area (Å²) in [7, 11) is 0. The fourth-order valence-electron chi connectivity index (χ4n) is 1.67. The summed E-state index contributed by atoms with van der Waals surface area (Å²) in [4.78, 5) is 12.9. The van der Waals surface area contributed by atoms with E-state index in [1.54, 1.807) is 11.9 Å². The number of nitrogens with one attached hydrogen (secondary N) is 1. The van der Waals surface area contributed by atoms with Crippen molar-refractivity contribution in [1.82, 2.24) is 4.72 Å². The number of nitrogens with two attached hydrogens (primary N) is 1. The summed E-state index contributed by atoms with van der Waals surface area (Å²) < 4.78 is 3.32. The van der Waals surface area contributed by atoms with Crippen LogP contribution in [0.2, 0.25) is 0 Å². The molecule has 0 saturated carbocycles. The average molecular weight is 311 g/mol. The average Bonchev–Trinajstić information content (AvgIpc) is 2.52. The maximum atomic E-state index is 11.8. The Labute approximate surface area is 134 Å². The number of carbonyl (C=O) groups excluding carboxylic acids is 1. The van der Waals surface area contributed by atoms with Gasteiger partial charge in [0.15, 0.2) is 5.78 Å². The van der Waals surface area contributed by atoms with E-state index in [9.17, 15) is 4.79 Å². The molecule has 1 aromatic rings. The number of unbranched alkanes of at least 4 members (excludes halogenated alkanes) is 2. The standard InChI is InChI=1S/C15H24N2OS.C2H6/c1-12(2)15(18)13-6-8-14(9-7-13)19-17-11-5-3-4-10-16;1-2/h6-9,12,17H,3-5,10-11,16H2,1-2H3;1-2H3. The third-order valence-electron chi connectivity index (χ3n) is 2.84. The second-order valence-corrected chi connectivity index (χ2v) is 5.85. The van der Waals surface area contributed by atoms with Gasteiger partial charge in [0.05, 0.1) is 0 Å². The lowest BCUT2D eigenvalue weighted by Crippen LogP contribution is -2.08. The first kappa shape index (κ1) is 20.2. The third-order valence-corrected chi connectivity index (χ3v) is 3.69. The molecule has 1 rings (SSSR count). The van der Waals surface area contributed by atoms with Crippen molar-refractivity contribution in [3.63, 3.8) is 0 Å². The molecule has 3 N–H and O–H groups in total. The van der Waals surface area contributed by atoms with Crippen molar-refractivity contribution in [2.24, 2.45) is 11.7 Å². The van der Waals surface area contributed by atoms with E-state index in [0.29, 0.717) is 0 Å². The molecule has 0 radical (unpaired) electrons. The van der Waals surface area contributed by atoms with Gasteiger partial charge in [0.25, 0.3) is 0 Å². The molecule has 0 saturated heterocycles. The molecule has 0 amide bonds. The van der Waals surface area contributed by atoms with E-state index in [-0.39, 0.29) is 11.7 Å². The van der Waals surface area contributed by atoms with Crippen molar-refractivity contribution in [2.75, 3.05) is 13.1 Å². The smallest absolute Gasteiger partial charge is 0.165 e. The largest absolute Gasteiger partial charge is 0.330 e. The first-order valence-electron chi connectivity index (χ1n) is 7.89. The number of ketones is 1. The molecule has 0 aliphatic rings. The van der Waals surface area contributed by atoms with Gasteiger partial charge in [-0.25, -0.2) is 0 Å². The van der Waals surface area contributed by atoms with Crippen molar-refractivity contribution in [1.29, 1.82) is 0 Å². The third kappa shape index (κ3) is 8.91. The van der Waals surface area contributed by atoms with Gasteiger partial charge in [-0.1, -0.05) is 46.2 Å². The maximum absolute atomic E-state index is 11.8. The Morgan fingerprint density at radius 1 is 1.14 bits per heavy atom. The number of hydrogen-bond donors (Lipinski definition) is 2. The SMILES string of the molecule is CC.CC(C)C(=O)c1ccc(SNCCCCCN)cc1. The molecule has 0 aliphatic carbocycles. The highest BCUT2D eigenvalue weighted by Gasteiger charge is 2.09. The highest BCUT2D eigenvalue weighted by Crippen LogP contribution is 2.17. The van der Waals surface area contributed by atoms with E-state index in [2.05, 4.69) is 4.72 Å². The molecule has 3 nitrogen and oxygen atoms in total. The van der Waals surface area contributed by atoms with Crippen LogP contribution in [0.3, 0.4) is 0 Å². The number of hydrogen-bond acceptors (Lipinski definition) is 4. The number of benzene rings is 1. The van der Waals surface area contributed by atoms with Crippen LogP contribution in [0.5, 0.6) is 0 Å². The molecular weight excluding hydrogens is 280 g/mol. The molecule has 0 spiro atoms. The van der Waals surface area contributed by atoms with Gasteiger partial charge < -0.3 is 5.73 Å². The molecule has 0 heterocycles. The van der Waals surface area contributed by atoms with Crippen LogP contribution in [0.4, 0.5) is 0 Å². The van der Waals surface area contributed by atoms with E-state index in [0.717, 1.165) is 36.4 Å². The minimum absolute atomic E-state index is 0.0548. The number of carbonyl (C=O) groups is 1. The van der Waals surface area contributed by atoms with Crippen LogP contribution in [0.1, 0.15) is 57.3 Å². The lowest BCUT2D eigenvalue weighted by molar-refractivity contribution is 0.0939. The van der Waals surface area contributed by atoms with E-state index in [1.165, 1.54) is 6.42 Å². The van der Waals surface area contributed by atoms with Crippen LogP contribution < -0.4 is 10.5 Å². The molecule has 120 valence electrons. The van der Waals surface area contributed by atoms with Crippen molar-refractivity contribution in [2.45, 2.75) is 51.9 Å². The van der Waals surface area contributed by atoms with Crippen molar-refractivity contribution in [3.05, 3.63) is 29.8 Å². The summed E-state index contributed by atoms with van der Waals surface area (Å²) in [5, 5.41) is 0. The van der Waals surface area contributed by atoms with E-state index < -0.39 is 0 Å². The van der Waals surface area contributed by atoms with Crippen LogP contribution in [0.25, 0.3) is 0 Å². The molecule has 0 atom stereocenters. The van der Waals surface area contributed by atoms with E-state index >= 15 is 0 Å². The van der Waals surface area contributed by atoms with Crippen molar-refractivity contribution in [3.8, 4) is 0 Å². The molecule has 4 heteroatoms. The molecule has 1 aromatic carbocycles. The Balaban J connectivity index is 0.00000191. The van der Waals surface area contributed by atoms with Gasteiger partial charge in [-0.15, -0.1) is 0 Å². The second kappa shape index (κ2) is 12.9. The monoisotopic (exact) mass is 310 g/mol. The Hall–Kier alpha value is -0.840. The van der Waals surface area contributed by atoms with Gasteiger partial charge in [0.1, 0.15) is 0 Å². The fraction of sp³-hybridized carbons (Fsp3) is 0.588. The zero-order chi connectivity index (χ0) is 16.1. The molecule has 0 bridgehead atoms. The first-order valence-corrected chi connectivity index (χ1v) is 8.71. The normalized spacial score (nSPS) is 10.2. The van der Waals surface area contributed by atoms with E-state index in [1.807, 2.05) is 52.0 Å². The zero-order valence-electron chi connectivity index (χ0n) is 13.8. The summed E-state index contributed by atoms with van der Waals surface area (Å²) in [6.07, 6.45) is 3.42. The van der Waals surface area contributed by atoms with Crippen molar-refractivity contribution >= 4 is 17.7 Å². The van der Waals surface area contributed by atoms with Gasteiger partial charge >= 0.3 is 0 Å². The van der Waals surface area contributed by atoms with Crippen LogP contribution in [0.15, 0.2) is 29.2 Å². The topological polar surface area (TPSA) is 55.1 Å². The summed E-state index contributed by atoms with van der Waals surface area (Å²) in [6.45, 7) is 9.61. The van der Waals surface area contributed by atoms with Gasteiger partial charge in [-0.05, 0) is 43.5 Å². The fourth-order valence-corrected chi connectivity index (χ4v) is 2.36. The Morgan fingerprint density at radius 2 is 1.76 bits per heavy atom. The molecule has 0 aliphatic heterocycles. The Morgan fingerprint density at radius 3 is 2.29 bits per heavy atom. The number of Topliss-reactive ketones (excluding diaryl/α,β-unsaturated/α-hetero) is 1. The first-order chi connectivity index (χ1) is 10.1. The highest BCUT2D eigenvalue weighted by molar-refractivity contribution is 7.97. The van der Waals surface area contributed by atoms with Crippen LogP contribution in [0, 0.1) is 5.92 Å². The minimum atomic E-state index is 0.0548. The summed E-state index contributed by atoms with van der Waals surface area (Å²) in [5.74, 6) is 0.255.